The minimum atomic E-state index is -0.0338. The van der Waals surface area contributed by atoms with Crippen molar-refractivity contribution in [3.63, 3.8) is 0 Å². The van der Waals surface area contributed by atoms with E-state index in [1.165, 1.54) is 0 Å². The first kappa shape index (κ1) is 17.2. The number of hydrogen-bond acceptors (Lipinski definition) is 3. The number of rotatable bonds is 4. The number of ether oxygens (including phenoxy) is 1. The molecule has 0 aromatic heterocycles. The molecule has 0 aliphatic carbocycles. The zero-order chi connectivity index (χ0) is 18.8. The number of benzene rings is 3. The maximum absolute atomic E-state index is 12.5. The van der Waals surface area contributed by atoms with E-state index < -0.39 is 0 Å². The lowest BCUT2D eigenvalue weighted by Crippen LogP contribution is -2.32. The summed E-state index contributed by atoms with van der Waals surface area (Å²) in [6.45, 7) is 2.21. The van der Waals surface area contributed by atoms with Gasteiger partial charge in [-0.15, -0.1) is 0 Å². The number of amides is 1. The highest BCUT2D eigenvalue weighted by Gasteiger charge is 2.34. The van der Waals surface area contributed by atoms with Crippen molar-refractivity contribution in [1.82, 2.24) is 0 Å². The predicted molar refractivity (Wildman–Crippen MR) is 112 cm³/mol. The Morgan fingerprint density at radius 1 is 0.889 bits per heavy atom. The van der Waals surface area contributed by atoms with Crippen LogP contribution < -0.4 is 14.5 Å². The highest BCUT2D eigenvalue weighted by Crippen LogP contribution is 2.31. The van der Waals surface area contributed by atoms with Gasteiger partial charge in [-0.3, -0.25) is 9.69 Å². The van der Waals surface area contributed by atoms with E-state index in [9.17, 15) is 4.79 Å². The summed E-state index contributed by atoms with van der Waals surface area (Å²) in [5.41, 5.74) is 2.64. The number of anilines is 2. The van der Waals surface area contributed by atoms with E-state index in [0.717, 1.165) is 28.4 Å². The van der Waals surface area contributed by atoms with Crippen molar-refractivity contribution in [3.05, 3.63) is 84.4 Å². The molecule has 4 rings (SSSR count). The van der Waals surface area contributed by atoms with Gasteiger partial charge in [0, 0.05) is 5.69 Å². The Kier molecular flexibility index (Phi) is 4.60. The van der Waals surface area contributed by atoms with Gasteiger partial charge in [0.15, 0.2) is 5.11 Å². The lowest BCUT2D eigenvalue weighted by Gasteiger charge is -2.21. The topological polar surface area (TPSA) is 32.8 Å². The van der Waals surface area contributed by atoms with Crippen LogP contribution in [0.15, 0.2) is 78.9 Å². The van der Waals surface area contributed by atoms with E-state index in [2.05, 4.69) is 0 Å². The molecule has 4 nitrogen and oxygen atoms in total. The van der Waals surface area contributed by atoms with Crippen LogP contribution in [-0.4, -0.2) is 17.6 Å². The summed E-state index contributed by atoms with van der Waals surface area (Å²) < 4.78 is 5.94. The molecule has 1 amide bonds. The zero-order valence-corrected chi connectivity index (χ0v) is 15.6. The molecule has 0 N–H and O–H groups in total. The Morgan fingerprint density at radius 2 is 1.56 bits per heavy atom. The molecule has 1 aliphatic rings. The molecule has 1 aliphatic heterocycles. The van der Waals surface area contributed by atoms with Gasteiger partial charge >= 0.3 is 0 Å². The van der Waals surface area contributed by atoms with Crippen LogP contribution >= 0.6 is 12.2 Å². The second-order valence-electron chi connectivity index (χ2n) is 6.30. The van der Waals surface area contributed by atoms with Gasteiger partial charge < -0.3 is 9.64 Å². The Hall–Kier alpha value is -3.18. The molecule has 0 spiro atoms. The number of aryl methyl sites for hydroxylation is 1. The minimum Gasteiger partial charge on any atom is -0.457 e. The van der Waals surface area contributed by atoms with Gasteiger partial charge in [0.05, 0.1) is 5.69 Å². The molecule has 1 heterocycles. The van der Waals surface area contributed by atoms with Crippen LogP contribution in [0.3, 0.4) is 0 Å². The Balaban J connectivity index is 1.58. The summed E-state index contributed by atoms with van der Waals surface area (Å²) >= 11 is 5.58. The van der Waals surface area contributed by atoms with Crippen molar-refractivity contribution in [2.24, 2.45) is 0 Å². The minimum absolute atomic E-state index is 0.0338. The predicted octanol–water partition coefficient (Wildman–Crippen LogP) is 4.93. The third-order valence-corrected chi connectivity index (χ3v) is 4.82. The molecule has 134 valence electrons. The van der Waals surface area contributed by atoms with Crippen molar-refractivity contribution in [1.29, 1.82) is 0 Å². The van der Waals surface area contributed by atoms with Gasteiger partial charge in [-0.25, -0.2) is 0 Å². The molecule has 0 saturated carbocycles. The largest absolute Gasteiger partial charge is 0.457 e. The summed E-state index contributed by atoms with van der Waals surface area (Å²) in [6.07, 6.45) is 0. The van der Waals surface area contributed by atoms with Crippen molar-refractivity contribution in [2.75, 3.05) is 16.3 Å². The molecule has 3 aromatic carbocycles. The second-order valence-corrected chi connectivity index (χ2v) is 6.66. The summed E-state index contributed by atoms with van der Waals surface area (Å²) in [6, 6.07) is 25.0. The van der Waals surface area contributed by atoms with Crippen LogP contribution in [0.5, 0.6) is 11.5 Å². The molecule has 1 saturated heterocycles. The highest BCUT2D eigenvalue weighted by atomic mass is 32.1. The van der Waals surface area contributed by atoms with Crippen LogP contribution in [0.1, 0.15) is 5.56 Å². The normalized spacial score (nSPS) is 14.0. The van der Waals surface area contributed by atoms with E-state index in [4.69, 9.17) is 17.0 Å². The van der Waals surface area contributed by atoms with Gasteiger partial charge in [-0.2, -0.15) is 0 Å². The summed E-state index contributed by atoms with van der Waals surface area (Å²) in [7, 11) is 0. The van der Waals surface area contributed by atoms with Crippen LogP contribution in [0.25, 0.3) is 0 Å². The van der Waals surface area contributed by atoms with Gasteiger partial charge in [-0.05, 0) is 67.2 Å². The fourth-order valence-corrected chi connectivity index (χ4v) is 3.44. The maximum atomic E-state index is 12.5. The standard InChI is InChI=1S/C22H18N2O2S/c1-16-14-18(12-13-20(16)26-19-10-6-3-7-11-19)23-15-21(25)24(22(23)27)17-8-4-2-5-9-17/h2-14H,15H2,1H3. The van der Waals surface area contributed by atoms with Gasteiger partial charge in [0.1, 0.15) is 18.0 Å². The summed E-state index contributed by atoms with van der Waals surface area (Å²) in [5, 5.41) is 0.488. The number of carbonyl (C=O) groups excluding carboxylic acids is 1. The second kappa shape index (κ2) is 7.21. The Labute approximate surface area is 163 Å². The monoisotopic (exact) mass is 374 g/mol. The van der Waals surface area contributed by atoms with Crippen LogP contribution in [0.4, 0.5) is 11.4 Å². The molecule has 0 atom stereocenters. The fourth-order valence-electron chi connectivity index (χ4n) is 3.07. The molecule has 5 heteroatoms. The van der Waals surface area contributed by atoms with Gasteiger partial charge in [0.25, 0.3) is 5.91 Å². The molecule has 1 fully saturated rings. The molecule has 0 radical (unpaired) electrons. The van der Waals surface area contributed by atoms with Crippen molar-refractivity contribution >= 4 is 34.6 Å². The third kappa shape index (κ3) is 3.41. The van der Waals surface area contributed by atoms with Crippen LogP contribution in [0.2, 0.25) is 0 Å². The molecular formula is C22H18N2O2S. The molecule has 0 bridgehead atoms. The first-order valence-corrected chi connectivity index (χ1v) is 9.07. The number of carbonyl (C=O) groups is 1. The van der Waals surface area contributed by atoms with Gasteiger partial charge in [-0.1, -0.05) is 36.4 Å². The number of para-hydroxylation sites is 2. The van der Waals surface area contributed by atoms with Crippen LogP contribution in [-0.2, 0) is 4.79 Å². The summed E-state index contributed by atoms with van der Waals surface area (Å²) in [5.74, 6) is 1.53. The molecular weight excluding hydrogens is 356 g/mol. The quantitative estimate of drug-likeness (QED) is 0.607. The number of nitrogens with zero attached hydrogens (tertiary/aromatic N) is 2. The third-order valence-electron chi connectivity index (χ3n) is 4.42. The Morgan fingerprint density at radius 3 is 2.22 bits per heavy atom. The average molecular weight is 374 g/mol. The molecule has 27 heavy (non-hydrogen) atoms. The first-order chi connectivity index (χ1) is 13.1. The highest BCUT2D eigenvalue weighted by molar-refractivity contribution is 7.81. The lowest BCUT2D eigenvalue weighted by molar-refractivity contribution is -0.115. The maximum Gasteiger partial charge on any atom is 0.253 e. The number of hydrogen-bond donors (Lipinski definition) is 0. The van der Waals surface area contributed by atoms with Gasteiger partial charge in [0.2, 0.25) is 0 Å². The SMILES string of the molecule is Cc1cc(N2CC(=O)N(c3ccccc3)C2=S)ccc1Oc1ccccc1. The van der Waals surface area contributed by atoms with Crippen molar-refractivity contribution < 1.29 is 9.53 Å². The number of thiocarbonyl (C=S) groups is 1. The molecule has 3 aromatic rings. The van der Waals surface area contributed by atoms with E-state index in [-0.39, 0.29) is 12.5 Å². The molecule has 0 unspecified atom stereocenters. The summed E-state index contributed by atoms with van der Waals surface area (Å²) in [4.78, 5) is 16.0. The average Bonchev–Trinajstić information content (AvgIpc) is 2.99. The fraction of sp³-hybridized carbons (Fsp3) is 0.0909. The van der Waals surface area contributed by atoms with Crippen molar-refractivity contribution in [2.45, 2.75) is 6.92 Å². The zero-order valence-electron chi connectivity index (χ0n) is 14.8. The van der Waals surface area contributed by atoms with Crippen LogP contribution in [0, 0.1) is 6.92 Å². The Bertz CT molecular complexity index is 990. The van der Waals surface area contributed by atoms with E-state index in [1.807, 2.05) is 90.7 Å². The van der Waals surface area contributed by atoms with E-state index >= 15 is 0 Å². The first-order valence-electron chi connectivity index (χ1n) is 8.66. The van der Waals surface area contributed by atoms with E-state index in [1.54, 1.807) is 4.90 Å². The van der Waals surface area contributed by atoms with Crippen molar-refractivity contribution in [3.8, 4) is 11.5 Å². The lowest BCUT2D eigenvalue weighted by atomic mass is 10.2. The smallest absolute Gasteiger partial charge is 0.253 e. The van der Waals surface area contributed by atoms with E-state index in [0.29, 0.717) is 5.11 Å².